The summed E-state index contributed by atoms with van der Waals surface area (Å²) in [7, 11) is 3.60. The van der Waals surface area contributed by atoms with E-state index in [1.165, 1.54) is 6.21 Å². The van der Waals surface area contributed by atoms with Crippen LogP contribution in [0.2, 0.25) is 0 Å². The first-order valence-corrected chi connectivity index (χ1v) is 9.39. The molecule has 0 amide bonds. The number of nitrogens with one attached hydrogen (secondary N) is 3. The summed E-state index contributed by atoms with van der Waals surface area (Å²) in [6.07, 6.45) is 11.9. The summed E-state index contributed by atoms with van der Waals surface area (Å²) in [6.45, 7) is 4.54. The molecule has 1 aromatic carbocycles. The zero-order valence-corrected chi connectivity index (χ0v) is 17.0. The molecule has 0 bridgehead atoms. The quantitative estimate of drug-likeness (QED) is 0.462. The van der Waals surface area contributed by atoms with Crippen LogP contribution in [0, 0.1) is 5.41 Å². The van der Waals surface area contributed by atoms with Crippen molar-refractivity contribution >= 4 is 22.9 Å². The number of nitrogens with zero attached hydrogens (tertiary/aromatic N) is 2. The minimum Gasteiger partial charge on any atom is -0.394 e. The van der Waals surface area contributed by atoms with Gasteiger partial charge >= 0.3 is 5.69 Å². The molecular formula is C22H29N5O. The van der Waals surface area contributed by atoms with Crippen molar-refractivity contribution in [1.29, 1.82) is 5.41 Å². The van der Waals surface area contributed by atoms with E-state index in [2.05, 4.69) is 23.6 Å². The standard InChI is InChI=1S/C22H29N5O/c1-5-9-18(25-16-17(14-23)15-24-3)12-13-19(6-2)27-21-11-8-7-10-20(21)26(4)22(27)28/h6-15,23-25H,5,16H2,1-4H3/b13-12-,17-15+,18-9+,19-6+,23-14?. The first-order chi connectivity index (χ1) is 13.6. The van der Waals surface area contributed by atoms with Gasteiger partial charge in [-0.1, -0.05) is 31.2 Å². The lowest BCUT2D eigenvalue weighted by Gasteiger charge is -2.09. The molecule has 0 unspecified atom stereocenters. The number of para-hydroxylation sites is 2. The molecule has 0 radical (unpaired) electrons. The van der Waals surface area contributed by atoms with E-state index in [0.717, 1.165) is 34.4 Å². The predicted octanol–water partition coefficient (Wildman–Crippen LogP) is 3.39. The predicted molar refractivity (Wildman–Crippen MR) is 119 cm³/mol. The van der Waals surface area contributed by atoms with E-state index in [4.69, 9.17) is 5.41 Å². The highest BCUT2D eigenvalue weighted by molar-refractivity contribution is 5.81. The topological polar surface area (TPSA) is 74.8 Å². The molecule has 6 heteroatoms. The van der Waals surface area contributed by atoms with Crippen molar-refractivity contribution in [2.45, 2.75) is 20.3 Å². The molecule has 0 aliphatic rings. The average molecular weight is 380 g/mol. The highest BCUT2D eigenvalue weighted by Crippen LogP contribution is 2.17. The fraction of sp³-hybridized carbons (Fsp3) is 0.273. The Balaban J connectivity index is 2.33. The third-order valence-corrected chi connectivity index (χ3v) is 4.39. The maximum atomic E-state index is 12.8. The molecule has 0 fully saturated rings. The zero-order chi connectivity index (χ0) is 20.5. The second-order valence-corrected chi connectivity index (χ2v) is 6.29. The van der Waals surface area contributed by atoms with Crippen LogP contribution in [0.5, 0.6) is 0 Å². The Morgan fingerprint density at radius 3 is 2.54 bits per heavy atom. The summed E-state index contributed by atoms with van der Waals surface area (Å²) in [4.78, 5) is 12.8. The monoisotopic (exact) mass is 379 g/mol. The van der Waals surface area contributed by atoms with E-state index in [-0.39, 0.29) is 5.69 Å². The fourth-order valence-corrected chi connectivity index (χ4v) is 2.97. The number of rotatable bonds is 9. The van der Waals surface area contributed by atoms with Crippen LogP contribution in [0.3, 0.4) is 0 Å². The number of hydrogen-bond donors (Lipinski definition) is 3. The molecule has 3 N–H and O–H groups in total. The smallest absolute Gasteiger partial charge is 0.333 e. The van der Waals surface area contributed by atoms with Gasteiger partial charge in [-0.05, 0) is 37.6 Å². The van der Waals surface area contributed by atoms with Crippen LogP contribution >= 0.6 is 0 Å². The van der Waals surface area contributed by atoms with Gasteiger partial charge in [0.2, 0.25) is 0 Å². The molecule has 28 heavy (non-hydrogen) atoms. The zero-order valence-electron chi connectivity index (χ0n) is 17.0. The second-order valence-electron chi connectivity index (χ2n) is 6.29. The SMILES string of the molecule is C\C=C(/C=C\C(=C/CC)NC/C(C=N)=C/NC)n1c(=O)n(C)c2ccccc21. The normalized spacial score (nSPS) is 13.4. The number of allylic oxidation sites excluding steroid dienone is 5. The minimum atomic E-state index is -0.0732. The molecule has 6 nitrogen and oxygen atoms in total. The molecule has 1 aromatic heterocycles. The number of aryl methyl sites for hydroxylation is 1. The minimum absolute atomic E-state index is 0.0732. The number of fused-ring (bicyclic) bond motifs is 1. The summed E-state index contributed by atoms with van der Waals surface area (Å²) >= 11 is 0. The van der Waals surface area contributed by atoms with Gasteiger partial charge in [-0.25, -0.2) is 4.79 Å². The molecule has 0 aliphatic heterocycles. The Kier molecular flexibility index (Phi) is 7.63. The van der Waals surface area contributed by atoms with E-state index >= 15 is 0 Å². The highest BCUT2D eigenvalue weighted by atomic mass is 16.1. The van der Waals surface area contributed by atoms with Gasteiger partial charge in [0.25, 0.3) is 0 Å². The van der Waals surface area contributed by atoms with Crippen molar-refractivity contribution in [2.75, 3.05) is 13.6 Å². The number of hydrogen-bond acceptors (Lipinski definition) is 4. The molecule has 0 spiro atoms. The van der Waals surface area contributed by atoms with Crippen LogP contribution in [-0.4, -0.2) is 28.9 Å². The summed E-state index contributed by atoms with van der Waals surface area (Å²) in [5.74, 6) is 0. The van der Waals surface area contributed by atoms with Crippen LogP contribution in [0.4, 0.5) is 0 Å². The highest BCUT2D eigenvalue weighted by Gasteiger charge is 2.11. The lowest BCUT2D eigenvalue weighted by molar-refractivity contribution is 0.854. The second kappa shape index (κ2) is 10.2. The van der Waals surface area contributed by atoms with E-state index in [9.17, 15) is 4.79 Å². The molecule has 0 aliphatic carbocycles. The fourth-order valence-electron chi connectivity index (χ4n) is 2.97. The van der Waals surface area contributed by atoms with Crippen LogP contribution < -0.4 is 16.3 Å². The van der Waals surface area contributed by atoms with Gasteiger partial charge in [-0.2, -0.15) is 0 Å². The third kappa shape index (κ3) is 4.71. The molecule has 0 saturated heterocycles. The first-order valence-electron chi connectivity index (χ1n) is 9.39. The van der Waals surface area contributed by atoms with Crippen molar-refractivity contribution < 1.29 is 0 Å². The summed E-state index contributed by atoms with van der Waals surface area (Å²) in [6, 6.07) is 7.77. The Labute approximate surface area is 166 Å². The van der Waals surface area contributed by atoms with Crippen molar-refractivity contribution in [3.05, 3.63) is 76.5 Å². The van der Waals surface area contributed by atoms with Gasteiger partial charge in [0.1, 0.15) is 0 Å². The van der Waals surface area contributed by atoms with Crippen LogP contribution in [0.15, 0.2) is 70.8 Å². The van der Waals surface area contributed by atoms with E-state index in [1.807, 2.05) is 56.5 Å². The van der Waals surface area contributed by atoms with Gasteiger partial charge in [0, 0.05) is 50.0 Å². The lowest BCUT2D eigenvalue weighted by Crippen LogP contribution is -2.21. The molecule has 148 valence electrons. The van der Waals surface area contributed by atoms with Gasteiger partial charge in [-0.3, -0.25) is 9.13 Å². The lowest BCUT2D eigenvalue weighted by atomic mass is 10.2. The number of aromatic nitrogens is 2. The summed E-state index contributed by atoms with van der Waals surface area (Å²) in [5.41, 5.74) is 4.30. The molecular weight excluding hydrogens is 350 g/mol. The Hall–Kier alpha value is -3.28. The van der Waals surface area contributed by atoms with Crippen LogP contribution in [0.1, 0.15) is 20.3 Å². The Morgan fingerprint density at radius 1 is 1.21 bits per heavy atom. The first kappa shape index (κ1) is 21.0. The van der Waals surface area contributed by atoms with Crippen molar-refractivity contribution in [2.24, 2.45) is 7.05 Å². The van der Waals surface area contributed by atoms with Crippen LogP contribution in [0.25, 0.3) is 16.7 Å². The van der Waals surface area contributed by atoms with Crippen molar-refractivity contribution in [1.82, 2.24) is 19.8 Å². The largest absolute Gasteiger partial charge is 0.394 e. The van der Waals surface area contributed by atoms with Gasteiger partial charge in [0.05, 0.1) is 11.0 Å². The number of benzene rings is 1. The van der Waals surface area contributed by atoms with Crippen molar-refractivity contribution in [3.63, 3.8) is 0 Å². The van der Waals surface area contributed by atoms with Gasteiger partial charge < -0.3 is 16.0 Å². The van der Waals surface area contributed by atoms with Gasteiger partial charge in [0.15, 0.2) is 0 Å². The molecule has 0 saturated carbocycles. The van der Waals surface area contributed by atoms with E-state index < -0.39 is 0 Å². The summed E-state index contributed by atoms with van der Waals surface area (Å²) < 4.78 is 3.38. The summed E-state index contributed by atoms with van der Waals surface area (Å²) in [5, 5.41) is 13.7. The Morgan fingerprint density at radius 2 is 1.93 bits per heavy atom. The maximum Gasteiger partial charge on any atom is 0.333 e. The molecule has 0 atom stereocenters. The molecule has 1 heterocycles. The molecule has 2 rings (SSSR count). The molecule has 2 aromatic rings. The van der Waals surface area contributed by atoms with Gasteiger partial charge in [-0.15, -0.1) is 0 Å². The average Bonchev–Trinajstić information content (AvgIpc) is 2.96. The van der Waals surface area contributed by atoms with E-state index in [0.29, 0.717) is 6.54 Å². The maximum absolute atomic E-state index is 12.8. The number of imidazole rings is 1. The van der Waals surface area contributed by atoms with E-state index in [1.54, 1.807) is 22.4 Å². The Bertz CT molecular complexity index is 1000. The van der Waals surface area contributed by atoms with Crippen molar-refractivity contribution in [3.8, 4) is 0 Å². The third-order valence-electron chi connectivity index (χ3n) is 4.39. The van der Waals surface area contributed by atoms with Crippen LogP contribution in [-0.2, 0) is 7.05 Å².